The maximum atomic E-state index is 9.16. The summed E-state index contributed by atoms with van der Waals surface area (Å²) in [6.45, 7) is 5.02. The van der Waals surface area contributed by atoms with Crippen molar-refractivity contribution in [2.75, 3.05) is 13.2 Å². The molecule has 0 aromatic carbocycles. The van der Waals surface area contributed by atoms with Crippen LogP contribution in [0.15, 0.2) is 23.3 Å². The number of hydrogen-bond acceptors (Lipinski definition) is 2. The van der Waals surface area contributed by atoms with Crippen molar-refractivity contribution >= 4 is 0 Å². The molecule has 12 heavy (non-hydrogen) atoms. The van der Waals surface area contributed by atoms with Gasteiger partial charge < -0.3 is 10.8 Å². The number of aliphatic hydroxyl groups excluding tert-OH is 1. The Morgan fingerprint density at radius 3 is 2.67 bits per heavy atom. The van der Waals surface area contributed by atoms with Crippen molar-refractivity contribution in [2.45, 2.75) is 20.3 Å². The van der Waals surface area contributed by atoms with Gasteiger partial charge in [-0.1, -0.05) is 26.0 Å². The molecule has 0 heterocycles. The summed E-state index contributed by atoms with van der Waals surface area (Å²) in [4.78, 5) is 0. The molecule has 0 unspecified atom stereocenters. The summed E-state index contributed by atoms with van der Waals surface area (Å²) >= 11 is 0. The predicted octanol–water partition coefficient (Wildman–Crippen LogP) is 1.22. The van der Waals surface area contributed by atoms with Crippen molar-refractivity contribution in [3.63, 3.8) is 0 Å². The summed E-state index contributed by atoms with van der Waals surface area (Å²) in [5.74, 6) is 0. The van der Waals surface area contributed by atoms with Crippen LogP contribution in [0.3, 0.4) is 0 Å². The molecule has 0 atom stereocenters. The highest BCUT2D eigenvalue weighted by molar-refractivity contribution is 5.40. The number of hydrogen-bond donors (Lipinski definition) is 2. The van der Waals surface area contributed by atoms with Gasteiger partial charge in [0, 0.05) is 5.41 Å². The van der Waals surface area contributed by atoms with E-state index in [-0.39, 0.29) is 12.0 Å². The normalized spacial score (nSPS) is 20.7. The Morgan fingerprint density at radius 1 is 1.50 bits per heavy atom. The fourth-order valence-electron chi connectivity index (χ4n) is 1.62. The molecule has 2 nitrogen and oxygen atoms in total. The number of rotatable bonds is 3. The number of allylic oxidation sites excluding steroid dienone is 2. The third-order valence-electron chi connectivity index (χ3n) is 2.44. The van der Waals surface area contributed by atoms with Gasteiger partial charge in [0.1, 0.15) is 0 Å². The zero-order valence-electron chi connectivity index (χ0n) is 7.80. The highest BCUT2D eigenvalue weighted by Crippen LogP contribution is 2.37. The Hall–Kier alpha value is -0.600. The lowest BCUT2D eigenvalue weighted by molar-refractivity contribution is 0.305. The molecule has 0 fully saturated rings. The van der Waals surface area contributed by atoms with Gasteiger partial charge in [0.25, 0.3) is 0 Å². The Kier molecular flexibility index (Phi) is 2.70. The average Bonchev–Trinajstić information content (AvgIpc) is 2.27. The van der Waals surface area contributed by atoms with Gasteiger partial charge in [-0.2, -0.15) is 0 Å². The van der Waals surface area contributed by atoms with E-state index >= 15 is 0 Å². The van der Waals surface area contributed by atoms with Crippen LogP contribution in [0.4, 0.5) is 0 Å². The third kappa shape index (κ3) is 1.59. The SMILES string of the molecule is CC1(C)C=CC(CCN)=C1CO. The molecule has 68 valence electrons. The molecule has 0 aromatic heterocycles. The van der Waals surface area contributed by atoms with E-state index in [1.807, 2.05) is 0 Å². The fraction of sp³-hybridized carbons (Fsp3) is 0.600. The number of aliphatic hydroxyl groups is 1. The molecule has 0 saturated heterocycles. The largest absolute Gasteiger partial charge is 0.392 e. The van der Waals surface area contributed by atoms with Crippen molar-refractivity contribution in [2.24, 2.45) is 11.1 Å². The van der Waals surface area contributed by atoms with E-state index in [4.69, 9.17) is 10.8 Å². The fourth-order valence-corrected chi connectivity index (χ4v) is 1.62. The molecule has 1 rings (SSSR count). The third-order valence-corrected chi connectivity index (χ3v) is 2.44. The van der Waals surface area contributed by atoms with E-state index in [2.05, 4.69) is 26.0 Å². The zero-order valence-corrected chi connectivity index (χ0v) is 7.80. The first-order valence-corrected chi connectivity index (χ1v) is 4.34. The van der Waals surface area contributed by atoms with Gasteiger partial charge in [0.15, 0.2) is 0 Å². The van der Waals surface area contributed by atoms with E-state index in [0.29, 0.717) is 6.54 Å². The van der Waals surface area contributed by atoms with Gasteiger partial charge in [0.05, 0.1) is 6.61 Å². The molecule has 3 N–H and O–H groups in total. The van der Waals surface area contributed by atoms with Gasteiger partial charge in [0.2, 0.25) is 0 Å². The van der Waals surface area contributed by atoms with Crippen LogP contribution in [0.5, 0.6) is 0 Å². The zero-order chi connectivity index (χ0) is 9.19. The van der Waals surface area contributed by atoms with Gasteiger partial charge in [-0.25, -0.2) is 0 Å². The van der Waals surface area contributed by atoms with Gasteiger partial charge >= 0.3 is 0 Å². The highest BCUT2D eigenvalue weighted by atomic mass is 16.3. The second kappa shape index (κ2) is 3.42. The summed E-state index contributed by atoms with van der Waals surface area (Å²) in [6.07, 6.45) is 5.08. The van der Waals surface area contributed by atoms with Crippen LogP contribution in [-0.4, -0.2) is 18.3 Å². The summed E-state index contributed by atoms with van der Waals surface area (Å²) < 4.78 is 0. The van der Waals surface area contributed by atoms with Crippen molar-refractivity contribution in [3.05, 3.63) is 23.3 Å². The first kappa shape index (κ1) is 9.49. The summed E-state index contributed by atoms with van der Waals surface area (Å²) in [5, 5.41) is 9.16. The lowest BCUT2D eigenvalue weighted by atomic mass is 9.86. The van der Waals surface area contributed by atoms with Crippen molar-refractivity contribution in [1.82, 2.24) is 0 Å². The maximum Gasteiger partial charge on any atom is 0.0655 e. The molecule has 0 aliphatic heterocycles. The summed E-state index contributed by atoms with van der Waals surface area (Å²) in [6, 6.07) is 0. The van der Waals surface area contributed by atoms with Crippen molar-refractivity contribution < 1.29 is 5.11 Å². The first-order chi connectivity index (χ1) is 5.61. The van der Waals surface area contributed by atoms with Crippen LogP contribution in [0.1, 0.15) is 20.3 Å². The Bertz CT molecular complexity index is 226. The van der Waals surface area contributed by atoms with Gasteiger partial charge in [-0.15, -0.1) is 0 Å². The lowest BCUT2D eigenvalue weighted by Crippen LogP contribution is -2.13. The van der Waals surface area contributed by atoms with Crippen LogP contribution < -0.4 is 5.73 Å². The lowest BCUT2D eigenvalue weighted by Gasteiger charge is -2.20. The van der Waals surface area contributed by atoms with Crippen LogP contribution in [0, 0.1) is 5.41 Å². The molecule has 0 amide bonds. The highest BCUT2D eigenvalue weighted by Gasteiger charge is 2.26. The molecule has 0 radical (unpaired) electrons. The van der Waals surface area contributed by atoms with Gasteiger partial charge in [-0.3, -0.25) is 0 Å². The molecule has 1 aliphatic rings. The second-order valence-electron chi connectivity index (χ2n) is 3.76. The second-order valence-corrected chi connectivity index (χ2v) is 3.76. The first-order valence-electron chi connectivity index (χ1n) is 4.34. The smallest absolute Gasteiger partial charge is 0.0655 e. The molecule has 1 aliphatic carbocycles. The molecule has 0 bridgehead atoms. The van der Waals surface area contributed by atoms with Crippen LogP contribution in [0.2, 0.25) is 0 Å². The maximum absolute atomic E-state index is 9.16. The summed E-state index contributed by atoms with van der Waals surface area (Å²) in [7, 11) is 0. The Morgan fingerprint density at radius 2 is 2.17 bits per heavy atom. The Labute approximate surface area is 73.8 Å². The molecule has 2 heteroatoms. The monoisotopic (exact) mass is 167 g/mol. The average molecular weight is 167 g/mol. The molecular formula is C10H17NO. The van der Waals surface area contributed by atoms with E-state index in [1.54, 1.807) is 0 Å². The molecular weight excluding hydrogens is 150 g/mol. The Balaban J connectivity index is 2.87. The number of nitrogens with two attached hydrogens (primary N) is 1. The van der Waals surface area contributed by atoms with Crippen LogP contribution >= 0.6 is 0 Å². The van der Waals surface area contributed by atoms with Crippen LogP contribution in [0.25, 0.3) is 0 Å². The quantitative estimate of drug-likeness (QED) is 0.664. The molecule has 0 saturated carbocycles. The van der Waals surface area contributed by atoms with E-state index in [9.17, 15) is 0 Å². The molecule has 0 aromatic rings. The van der Waals surface area contributed by atoms with E-state index < -0.39 is 0 Å². The minimum atomic E-state index is 0.0270. The van der Waals surface area contributed by atoms with E-state index in [1.165, 1.54) is 5.57 Å². The predicted molar refractivity (Wildman–Crippen MR) is 50.7 cm³/mol. The minimum absolute atomic E-state index is 0.0270. The van der Waals surface area contributed by atoms with Crippen molar-refractivity contribution in [1.29, 1.82) is 0 Å². The standard InChI is InChI=1S/C10H17NO/c1-10(2)5-3-8(4-6-11)9(10)7-12/h3,5,12H,4,6-7,11H2,1-2H3. The minimum Gasteiger partial charge on any atom is -0.392 e. The molecule has 0 spiro atoms. The summed E-state index contributed by atoms with van der Waals surface area (Å²) in [5.41, 5.74) is 7.82. The topological polar surface area (TPSA) is 46.2 Å². The van der Waals surface area contributed by atoms with Crippen molar-refractivity contribution in [3.8, 4) is 0 Å². The van der Waals surface area contributed by atoms with Gasteiger partial charge in [-0.05, 0) is 24.1 Å². The van der Waals surface area contributed by atoms with Crippen LogP contribution in [-0.2, 0) is 0 Å². The van der Waals surface area contributed by atoms with E-state index in [0.717, 1.165) is 12.0 Å².